The lowest BCUT2D eigenvalue weighted by Gasteiger charge is -2.28. The summed E-state index contributed by atoms with van der Waals surface area (Å²) < 4.78 is 5.08. The first-order chi connectivity index (χ1) is 9.28. The molecule has 116 valence electrons. The van der Waals surface area contributed by atoms with Crippen LogP contribution in [0.25, 0.3) is 0 Å². The van der Waals surface area contributed by atoms with Gasteiger partial charge in [0.25, 0.3) is 0 Å². The lowest BCUT2D eigenvalue weighted by molar-refractivity contribution is -0.139. The van der Waals surface area contributed by atoms with Crippen LogP contribution in [0.1, 0.15) is 46.5 Å². The van der Waals surface area contributed by atoms with Crippen LogP contribution in [0.4, 0.5) is 4.79 Å². The average Bonchev–Trinajstić information content (AvgIpc) is 2.33. The monoisotopic (exact) mass is 286 g/mol. The summed E-state index contributed by atoms with van der Waals surface area (Å²) in [4.78, 5) is 25.0. The van der Waals surface area contributed by atoms with Gasteiger partial charge in [-0.1, -0.05) is 6.42 Å². The number of alkyl carbamates (subject to hydrolysis) is 1. The van der Waals surface area contributed by atoms with Crippen molar-refractivity contribution in [2.24, 2.45) is 0 Å². The van der Waals surface area contributed by atoms with Crippen molar-refractivity contribution in [2.45, 2.75) is 58.1 Å². The third-order valence-corrected chi connectivity index (χ3v) is 3.17. The van der Waals surface area contributed by atoms with Gasteiger partial charge in [0, 0.05) is 6.54 Å². The van der Waals surface area contributed by atoms with Gasteiger partial charge in [0.2, 0.25) is 0 Å². The number of carboxylic acid groups (broad SMARTS) is 1. The number of carboxylic acids is 1. The Morgan fingerprint density at radius 2 is 1.85 bits per heavy atom. The third kappa shape index (κ3) is 6.75. The second-order valence-electron chi connectivity index (χ2n) is 6.23. The molecule has 1 aliphatic heterocycles. The zero-order valence-electron chi connectivity index (χ0n) is 12.6. The van der Waals surface area contributed by atoms with Crippen LogP contribution >= 0.6 is 0 Å². The fourth-order valence-corrected chi connectivity index (χ4v) is 2.20. The minimum Gasteiger partial charge on any atom is -0.480 e. The Bertz CT molecular complexity index is 333. The Morgan fingerprint density at radius 1 is 1.25 bits per heavy atom. The molecule has 0 aromatic heterocycles. The highest BCUT2D eigenvalue weighted by Crippen LogP contribution is 2.10. The predicted molar refractivity (Wildman–Crippen MR) is 75.7 cm³/mol. The number of rotatable bonds is 5. The van der Waals surface area contributed by atoms with E-state index in [1.165, 1.54) is 6.42 Å². The number of carbonyl (C=O) groups is 2. The number of aliphatic carboxylic acids is 1. The van der Waals surface area contributed by atoms with Crippen LogP contribution < -0.4 is 5.32 Å². The van der Waals surface area contributed by atoms with Crippen molar-refractivity contribution in [3.05, 3.63) is 0 Å². The van der Waals surface area contributed by atoms with Crippen LogP contribution in [0.5, 0.6) is 0 Å². The maximum atomic E-state index is 11.6. The molecule has 1 heterocycles. The molecule has 1 saturated heterocycles. The summed E-state index contributed by atoms with van der Waals surface area (Å²) in [6, 6.07) is -0.897. The highest BCUT2D eigenvalue weighted by molar-refractivity contribution is 5.79. The molecule has 6 nitrogen and oxygen atoms in total. The summed E-state index contributed by atoms with van der Waals surface area (Å²) in [5, 5.41) is 11.6. The van der Waals surface area contributed by atoms with E-state index < -0.39 is 23.7 Å². The summed E-state index contributed by atoms with van der Waals surface area (Å²) in [5.41, 5.74) is -0.625. The zero-order valence-corrected chi connectivity index (χ0v) is 12.6. The molecule has 0 radical (unpaired) electrons. The van der Waals surface area contributed by atoms with Crippen LogP contribution in [0.3, 0.4) is 0 Å². The first-order valence-corrected chi connectivity index (χ1v) is 7.22. The number of likely N-dealkylation sites (tertiary alicyclic amines) is 1. The van der Waals surface area contributed by atoms with E-state index in [-0.39, 0.29) is 0 Å². The zero-order chi connectivity index (χ0) is 15.2. The minimum atomic E-state index is -1.02. The van der Waals surface area contributed by atoms with Crippen LogP contribution in [0.15, 0.2) is 0 Å². The molecule has 0 unspecified atom stereocenters. The summed E-state index contributed by atoms with van der Waals surface area (Å²) in [7, 11) is 0. The SMILES string of the molecule is CC(C)(C)OC(=O)N[C@@H](CCN1CCCCC1)C(=O)O. The number of nitrogens with one attached hydrogen (secondary N) is 1. The van der Waals surface area contributed by atoms with Gasteiger partial charge in [-0.2, -0.15) is 0 Å². The number of carbonyl (C=O) groups excluding carboxylic acids is 1. The number of piperidine rings is 1. The van der Waals surface area contributed by atoms with Crippen molar-refractivity contribution in [1.29, 1.82) is 0 Å². The molecule has 1 amide bonds. The van der Waals surface area contributed by atoms with Gasteiger partial charge >= 0.3 is 12.1 Å². The maximum Gasteiger partial charge on any atom is 0.408 e. The lowest BCUT2D eigenvalue weighted by Crippen LogP contribution is -2.45. The number of hydrogen-bond donors (Lipinski definition) is 2. The van der Waals surface area contributed by atoms with Gasteiger partial charge in [-0.15, -0.1) is 0 Å². The van der Waals surface area contributed by atoms with Gasteiger partial charge in [0.1, 0.15) is 11.6 Å². The van der Waals surface area contributed by atoms with E-state index in [1.54, 1.807) is 20.8 Å². The molecule has 1 fully saturated rings. The van der Waals surface area contributed by atoms with E-state index in [4.69, 9.17) is 9.84 Å². The Morgan fingerprint density at radius 3 is 2.35 bits per heavy atom. The summed E-state index contributed by atoms with van der Waals surface area (Å²) in [6.45, 7) is 7.95. The van der Waals surface area contributed by atoms with Gasteiger partial charge in [0.15, 0.2) is 0 Å². The summed E-state index contributed by atoms with van der Waals surface area (Å²) in [6.07, 6.45) is 3.29. The van der Waals surface area contributed by atoms with Gasteiger partial charge < -0.3 is 20.1 Å². The van der Waals surface area contributed by atoms with Crippen molar-refractivity contribution in [3.63, 3.8) is 0 Å². The van der Waals surface area contributed by atoms with Crippen LogP contribution in [0.2, 0.25) is 0 Å². The molecular formula is C14H26N2O4. The first-order valence-electron chi connectivity index (χ1n) is 7.22. The molecule has 1 aliphatic rings. The Balaban J connectivity index is 2.39. The highest BCUT2D eigenvalue weighted by atomic mass is 16.6. The second kappa shape index (κ2) is 7.47. The van der Waals surface area contributed by atoms with Crippen LogP contribution in [0, 0.1) is 0 Å². The number of amides is 1. The Hall–Kier alpha value is -1.30. The van der Waals surface area contributed by atoms with Crippen molar-refractivity contribution in [3.8, 4) is 0 Å². The Labute approximate surface area is 120 Å². The lowest BCUT2D eigenvalue weighted by atomic mass is 10.1. The molecule has 0 saturated carbocycles. The molecule has 1 atom stereocenters. The largest absolute Gasteiger partial charge is 0.480 e. The second-order valence-corrected chi connectivity index (χ2v) is 6.23. The minimum absolute atomic E-state index is 0.397. The van der Waals surface area contributed by atoms with Gasteiger partial charge in [-0.05, 0) is 53.1 Å². The number of ether oxygens (including phenoxy) is 1. The quantitative estimate of drug-likeness (QED) is 0.806. The standard InChI is InChI=1S/C14H26N2O4/c1-14(2,3)20-13(19)15-11(12(17)18)7-10-16-8-5-4-6-9-16/h11H,4-10H2,1-3H3,(H,15,19)(H,17,18)/t11-/m0/s1. The number of hydrogen-bond acceptors (Lipinski definition) is 4. The predicted octanol–water partition coefficient (Wildman–Crippen LogP) is 1.84. The van der Waals surface area contributed by atoms with E-state index in [2.05, 4.69) is 10.2 Å². The van der Waals surface area contributed by atoms with Crippen LogP contribution in [-0.4, -0.2) is 53.3 Å². The van der Waals surface area contributed by atoms with E-state index in [0.717, 1.165) is 25.9 Å². The molecule has 6 heteroatoms. The molecule has 1 rings (SSSR count). The van der Waals surface area contributed by atoms with Crippen molar-refractivity contribution < 1.29 is 19.4 Å². The maximum absolute atomic E-state index is 11.6. The molecule has 0 bridgehead atoms. The Kier molecular flexibility index (Phi) is 6.26. The topological polar surface area (TPSA) is 78.9 Å². The van der Waals surface area contributed by atoms with Crippen LogP contribution in [-0.2, 0) is 9.53 Å². The average molecular weight is 286 g/mol. The number of nitrogens with zero attached hydrogens (tertiary/aromatic N) is 1. The third-order valence-electron chi connectivity index (χ3n) is 3.17. The molecular weight excluding hydrogens is 260 g/mol. The smallest absolute Gasteiger partial charge is 0.408 e. The van der Waals surface area contributed by atoms with E-state index in [0.29, 0.717) is 13.0 Å². The molecule has 0 aromatic carbocycles. The van der Waals surface area contributed by atoms with Gasteiger partial charge in [-0.25, -0.2) is 9.59 Å². The fraction of sp³-hybridized carbons (Fsp3) is 0.857. The normalized spacial score (nSPS) is 18.4. The molecule has 0 aromatic rings. The van der Waals surface area contributed by atoms with Crippen molar-refractivity contribution >= 4 is 12.1 Å². The van der Waals surface area contributed by atoms with Gasteiger partial charge in [0.05, 0.1) is 0 Å². The van der Waals surface area contributed by atoms with E-state index in [9.17, 15) is 9.59 Å². The summed E-state index contributed by atoms with van der Waals surface area (Å²) >= 11 is 0. The van der Waals surface area contributed by atoms with E-state index in [1.807, 2.05) is 0 Å². The molecule has 20 heavy (non-hydrogen) atoms. The first kappa shape index (κ1) is 16.8. The van der Waals surface area contributed by atoms with Gasteiger partial charge in [-0.3, -0.25) is 0 Å². The molecule has 0 spiro atoms. The van der Waals surface area contributed by atoms with Crippen molar-refractivity contribution in [1.82, 2.24) is 10.2 Å². The molecule has 2 N–H and O–H groups in total. The summed E-state index contributed by atoms with van der Waals surface area (Å²) in [5.74, 6) is -1.02. The van der Waals surface area contributed by atoms with Crippen molar-refractivity contribution in [2.75, 3.05) is 19.6 Å². The van der Waals surface area contributed by atoms with E-state index >= 15 is 0 Å². The highest BCUT2D eigenvalue weighted by Gasteiger charge is 2.24. The fourth-order valence-electron chi connectivity index (χ4n) is 2.20. The molecule has 0 aliphatic carbocycles.